The summed E-state index contributed by atoms with van der Waals surface area (Å²) < 4.78 is 2.01. The van der Waals surface area contributed by atoms with E-state index >= 15 is 0 Å². The molecule has 1 aromatic carbocycles. The van der Waals surface area contributed by atoms with Gasteiger partial charge in [-0.1, -0.05) is 6.07 Å². The van der Waals surface area contributed by atoms with Crippen molar-refractivity contribution < 1.29 is 4.79 Å². The third-order valence-electron chi connectivity index (χ3n) is 3.88. The number of nitrogens with zero attached hydrogens (tertiary/aromatic N) is 2. The van der Waals surface area contributed by atoms with Crippen molar-refractivity contribution in [3.05, 3.63) is 59.5 Å². The number of fused-ring (bicyclic) bond motifs is 1. The molecule has 0 radical (unpaired) electrons. The van der Waals surface area contributed by atoms with Crippen LogP contribution in [-0.4, -0.2) is 15.5 Å². The average Bonchev–Trinajstić information content (AvgIpc) is 2.75. The summed E-state index contributed by atoms with van der Waals surface area (Å²) in [6.07, 6.45) is 1.76. The number of amides is 1. The first-order valence-electron chi connectivity index (χ1n) is 6.85. The van der Waals surface area contributed by atoms with Crippen LogP contribution in [0.1, 0.15) is 21.7 Å². The molecule has 3 aromatic rings. The Balaban J connectivity index is 1.90. The Kier molecular flexibility index (Phi) is 3.22. The SMILES string of the molecule is Cc1cc(C(=O)Nc2ccc3ncccc3c2)c(C)n1C. The van der Waals surface area contributed by atoms with Gasteiger partial charge in [0.25, 0.3) is 5.91 Å². The van der Waals surface area contributed by atoms with Gasteiger partial charge < -0.3 is 9.88 Å². The molecule has 1 amide bonds. The summed E-state index contributed by atoms with van der Waals surface area (Å²) in [7, 11) is 1.96. The van der Waals surface area contributed by atoms with E-state index in [4.69, 9.17) is 0 Å². The molecule has 2 aromatic heterocycles. The van der Waals surface area contributed by atoms with Gasteiger partial charge in [0, 0.05) is 35.7 Å². The van der Waals surface area contributed by atoms with Gasteiger partial charge in [-0.15, -0.1) is 0 Å². The first kappa shape index (κ1) is 13.4. The molecule has 4 heteroatoms. The molecular formula is C17H17N3O. The number of aryl methyl sites for hydroxylation is 1. The fourth-order valence-corrected chi connectivity index (χ4v) is 2.44. The Morgan fingerprint density at radius 2 is 2.00 bits per heavy atom. The molecule has 106 valence electrons. The van der Waals surface area contributed by atoms with Crippen molar-refractivity contribution in [2.24, 2.45) is 7.05 Å². The van der Waals surface area contributed by atoms with Crippen molar-refractivity contribution in [3.63, 3.8) is 0 Å². The zero-order chi connectivity index (χ0) is 15.0. The quantitative estimate of drug-likeness (QED) is 0.781. The van der Waals surface area contributed by atoms with Crippen LogP contribution in [0.15, 0.2) is 42.6 Å². The van der Waals surface area contributed by atoms with E-state index in [1.54, 1.807) is 6.20 Å². The van der Waals surface area contributed by atoms with Gasteiger partial charge in [0.05, 0.1) is 11.1 Å². The normalized spacial score (nSPS) is 10.8. The lowest BCUT2D eigenvalue weighted by Gasteiger charge is -2.06. The minimum Gasteiger partial charge on any atom is -0.351 e. The van der Waals surface area contributed by atoms with Crippen LogP contribution in [0.3, 0.4) is 0 Å². The van der Waals surface area contributed by atoms with E-state index in [-0.39, 0.29) is 5.91 Å². The van der Waals surface area contributed by atoms with Crippen LogP contribution in [0, 0.1) is 13.8 Å². The summed E-state index contributed by atoms with van der Waals surface area (Å²) in [4.78, 5) is 16.7. The van der Waals surface area contributed by atoms with Gasteiger partial charge in [0.2, 0.25) is 0 Å². The Morgan fingerprint density at radius 1 is 1.19 bits per heavy atom. The molecule has 0 saturated heterocycles. The topological polar surface area (TPSA) is 46.9 Å². The molecule has 0 atom stereocenters. The molecule has 0 unspecified atom stereocenters. The van der Waals surface area contributed by atoms with E-state index in [2.05, 4.69) is 10.3 Å². The van der Waals surface area contributed by atoms with Crippen LogP contribution in [0.4, 0.5) is 5.69 Å². The molecule has 0 aliphatic carbocycles. The van der Waals surface area contributed by atoms with Crippen LogP contribution in [0.2, 0.25) is 0 Å². The van der Waals surface area contributed by atoms with Crippen LogP contribution >= 0.6 is 0 Å². The maximum absolute atomic E-state index is 12.4. The number of carbonyl (C=O) groups is 1. The lowest BCUT2D eigenvalue weighted by molar-refractivity contribution is 0.102. The van der Waals surface area contributed by atoms with E-state index < -0.39 is 0 Å². The fraction of sp³-hybridized carbons (Fsp3) is 0.176. The number of hydrogen-bond acceptors (Lipinski definition) is 2. The molecule has 4 nitrogen and oxygen atoms in total. The molecular weight excluding hydrogens is 262 g/mol. The maximum atomic E-state index is 12.4. The van der Waals surface area contributed by atoms with Crippen molar-refractivity contribution in [3.8, 4) is 0 Å². The second kappa shape index (κ2) is 5.05. The van der Waals surface area contributed by atoms with E-state index in [9.17, 15) is 4.79 Å². The maximum Gasteiger partial charge on any atom is 0.257 e. The lowest BCUT2D eigenvalue weighted by atomic mass is 10.2. The Bertz CT molecular complexity index is 833. The van der Waals surface area contributed by atoms with Gasteiger partial charge in [-0.05, 0) is 44.2 Å². The third kappa shape index (κ3) is 2.40. The Morgan fingerprint density at radius 3 is 2.71 bits per heavy atom. The highest BCUT2D eigenvalue weighted by Crippen LogP contribution is 2.19. The van der Waals surface area contributed by atoms with Gasteiger partial charge >= 0.3 is 0 Å². The molecule has 0 saturated carbocycles. The van der Waals surface area contributed by atoms with Gasteiger partial charge in [-0.2, -0.15) is 0 Å². The number of carbonyl (C=O) groups excluding carboxylic acids is 1. The number of hydrogen-bond donors (Lipinski definition) is 1. The van der Waals surface area contributed by atoms with Gasteiger partial charge in [-0.3, -0.25) is 9.78 Å². The highest BCUT2D eigenvalue weighted by atomic mass is 16.1. The van der Waals surface area contributed by atoms with Crippen molar-refractivity contribution in [1.29, 1.82) is 0 Å². The van der Waals surface area contributed by atoms with Crippen molar-refractivity contribution in [2.75, 3.05) is 5.32 Å². The highest BCUT2D eigenvalue weighted by Gasteiger charge is 2.14. The summed E-state index contributed by atoms with van der Waals surface area (Å²) in [5.41, 5.74) is 4.44. The number of anilines is 1. The second-order valence-electron chi connectivity index (χ2n) is 5.21. The molecule has 3 rings (SSSR count). The molecule has 2 heterocycles. The summed E-state index contributed by atoms with van der Waals surface area (Å²) in [6, 6.07) is 11.5. The molecule has 0 fully saturated rings. The largest absolute Gasteiger partial charge is 0.351 e. The number of rotatable bonds is 2. The monoisotopic (exact) mass is 279 g/mol. The van der Waals surface area contributed by atoms with Crippen LogP contribution < -0.4 is 5.32 Å². The van der Waals surface area contributed by atoms with Crippen LogP contribution in [-0.2, 0) is 7.05 Å². The summed E-state index contributed by atoms with van der Waals surface area (Å²) in [6.45, 7) is 3.94. The summed E-state index contributed by atoms with van der Waals surface area (Å²) in [5.74, 6) is -0.0839. The second-order valence-corrected chi connectivity index (χ2v) is 5.21. The van der Waals surface area contributed by atoms with Crippen LogP contribution in [0.25, 0.3) is 10.9 Å². The first-order valence-corrected chi connectivity index (χ1v) is 6.85. The standard InChI is InChI=1S/C17H17N3O/c1-11-9-15(12(2)20(11)3)17(21)19-14-6-7-16-13(10-14)5-4-8-18-16/h4-10H,1-3H3,(H,19,21). The molecule has 0 spiro atoms. The van der Waals surface area contributed by atoms with Crippen molar-refractivity contribution in [1.82, 2.24) is 9.55 Å². The Hall–Kier alpha value is -2.62. The molecule has 0 aliphatic heterocycles. The number of aromatic nitrogens is 2. The zero-order valence-electron chi connectivity index (χ0n) is 12.3. The highest BCUT2D eigenvalue weighted by molar-refractivity contribution is 6.06. The van der Waals surface area contributed by atoms with Gasteiger partial charge in [0.1, 0.15) is 0 Å². The van der Waals surface area contributed by atoms with E-state index in [1.807, 2.05) is 61.9 Å². The van der Waals surface area contributed by atoms with E-state index in [0.29, 0.717) is 5.56 Å². The minimum atomic E-state index is -0.0839. The predicted octanol–water partition coefficient (Wildman–Crippen LogP) is 3.44. The molecule has 0 bridgehead atoms. The average molecular weight is 279 g/mol. The number of benzene rings is 1. The summed E-state index contributed by atoms with van der Waals surface area (Å²) in [5, 5.41) is 3.96. The van der Waals surface area contributed by atoms with E-state index in [0.717, 1.165) is 28.0 Å². The number of pyridine rings is 1. The predicted molar refractivity (Wildman–Crippen MR) is 84.6 cm³/mol. The molecule has 1 N–H and O–H groups in total. The summed E-state index contributed by atoms with van der Waals surface area (Å²) >= 11 is 0. The number of nitrogens with one attached hydrogen (secondary N) is 1. The molecule has 0 aliphatic rings. The van der Waals surface area contributed by atoms with Gasteiger partial charge in [-0.25, -0.2) is 0 Å². The zero-order valence-corrected chi connectivity index (χ0v) is 12.3. The smallest absolute Gasteiger partial charge is 0.257 e. The first-order chi connectivity index (χ1) is 10.1. The minimum absolute atomic E-state index is 0.0839. The molecule has 21 heavy (non-hydrogen) atoms. The lowest BCUT2D eigenvalue weighted by Crippen LogP contribution is -2.12. The van der Waals surface area contributed by atoms with E-state index in [1.165, 1.54) is 0 Å². The van der Waals surface area contributed by atoms with Crippen molar-refractivity contribution in [2.45, 2.75) is 13.8 Å². The Labute approximate surface area is 123 Å². The fourth-order valence-electron chi connectivity index (χ4n) is 2.44. The van der Waals surface area contributed by atoms with Gasteiger partial charge in [0.15, 0.2) is 0 Å². The van der Waals surface area contributed by atoms with Crippen molar-refractivity contribution >= 4 is 22.5 Å². The third-order valence-corrected chi connectivity index (χ3v) is 3.88. The van der Waals surface area contributed by atoms with Crippen LogP contribution in [0.5, 0.6) is 0 Å².